The van der Waals surface area contributed by atoms with E-state index in [1.54, 1.807) is 0 Å². The molecule has 0 aliphatic rings. The number of H-pyrrole nitrogens is 1. The zero-order valence-corrected chi connectivity index (χ0v) is 11.3. The van der Waals surface area contributed by atoms with Crippen molar-refractivity contribution >= 4 is 39.2 Å². The highest BCUT2D eigenvalue weighted by molar-refractivity contribution is 9.10. The van der Waals surface area contributed by atoms with Crippen molar-refractivity contribution in [1.82, 2.24) is 9.55 Å². The van der Waals surface area contributed by atoms with Gasteiger partial charge in [0, 0.05) is 10.2 Å². The summed E-state index contributed by atoms with van der Waals surface area (Å²) in [6.45, 7) is 0. The van der Waals surface area contributed by atoms with Crippen LogP contribution < -0.4 is 0 Å². The van der Waals surface area contributed by atoms with Gasteiger partial charge in [0.15, 0.2) is 4.77 Å². The van der Waals surface area contributed by atoms with Crippen LogP contribution >= 0.6 is 28.1 Å². The lowest BCUT2D eigenvalue weighted by Crippen LogP contribution is -1.93. The van der Waals surface area contributed by atoms with Gasteiger partial charge in [-0.15, -0.1) is 0 Å². The van der Waals surface area contributed by atoms with Crippen molar-refractivity contribution in [3.63, 3.8) is 0 Å². The number of aromatic amines is 1. The van der Waals surface area contributed by atoms with Crippen LogP contribution in [0.25, 0.3) is 16.7 Å². The lowest BCUT2D eigenvalue weighted by atomic mass is 10.3. The van der Waals surface area contributed by atoms with Crippen molar-refractivity contribution in [2.75, 3.05) is 0 Å². The summed E-state index contributed by atoms with van der Waals surface area (Å²) in [6, 6.07) is 16.2. The summed E-state index contributed by atoms with van der Waals surface area (Å²) in [6.07, 6.45) is 0. The number of nitrogens with one attached hydrogen (secondary N) is 1. The van der Waals surface area contributed by atoms with Gasteiger partial charge in [0.25, 0.3) is 0 Å². The van der Waals surface area contributed by atoms with Gasteiger partial charge in [0.2, 0.25) is 0 Å². The smallest absolute Gasteiger partial charge is 0.182 e. The Morgan fingerprint density at radius 2 is 1.88 bits per heavy atom. The molecule has 2 nitrogen and oxygen atoms in total. The first-order valence-electron chi connectivity index (χ1n) is 5.21. The van der Waals surface area contributed by atoms with E-state index in [4.69, 9.17) is 12.2 Å². The zero-order chi connectivity index (χ0) is 11.8. The molecule has 0 unspecified atom stereocenters. The molecular formula is C13H9BrN2S. The van der Waals surface area contributed by atoms with Crippen LogP contribution in [0.2, 0.25) is 0 Å². The van der Waals surface area contributed by atoms with Crippen LogP contribution in [0.5, 0.6) is 0 Å². The number of aromatic nitrogens is 2. The highest BCUT2D eigenvalue weighted by Crippen LogP contribution is 2.21. The van der Waals surface area contributed by atoms with Crippen LogP contribution in [0, 0.1) is 4.77 Å². The second kappa shape index (κ2) is 4.13. The van der Waals surface area contributed by atoms with Gasteiger partial charge in [-0.2, -0.15) is 0 Å². The minimum Gasteiger partial charge on any atom is -0.330 e. The Kier molecular flexibility index (Phi) is 2.61. The van der Waals surface area contributed by atoms with E-state index in [-0.39, 0.29) is 0 Å². The molecule has 1 N–H and O–H groups in total. The fourth-order valence-corrected chi connectivity index (χ4v) is 2.63. The highest BCUT2D eigenvalue weighted by Gasteiger charge is 2.05. The van der Waals surface area contributed by atoms with Gasteiger partial charge in [-0.1, -0.05) is 34.1 Å². The molecule has 1 heterocycles. The molecular weight excluding hydrogens is 296 g/mol. The minimum atomic E-state index is 0.712. The maximum atomic E-state index is 5.37. The average Bonchev–Trinajstić information content (AvgIpc) is 2.64. The normalized spacial score (nSPS) is 10.9. The molecule has 0 aliphatic carbocycles. The first-order chi connectivity index (χ1) is 8.25. The number of nitrogens with zero attached hydrogens (tertiary/aromatic N) is 1. The van der Waals surface area contributed by atoms with Crippen molar-refractivity contribution in [2.24, 2.45) is 0 Å². The molecule has 0 saturated heterocycles. The Bertz CT molecular complexity index is 742. The summed E-state index contributed by atoms with van der Waals surface area (Å²) in [7, 11) is 0. The molecule has 0 fully saturated rings. The molecule has 0 aliphatic heterocycles. The maximum absolute atomic E-state index is 5.37. The lowest BCUT2D eigenvalue weighted by molar-refractivity contribution is 1.06. The zero-order valence-electron chi connectivity index (χ0n) is 8.85. The summed E-state index contributed by atoms with van der Waals surface area (Å²) in [4.78, 5) is 3.21. The number of benzene rings is 2. The van der Waals surface area contributed by atoms with Crippen molar-refractivity contribution < 1.29 is 0 Å². The van der Waals surface area contributed by atoms with E-state index >= 15 is 0 Å². The van der Waals surface area contributed by atoms with E-state index in [0.29, 0.717) is 4.77 Å². The molecule has 0 amide bonds. The second-order valence-corrected chi connectivity index (χ2v) is 5.06. The number of imidazole rings is 1. The van der Waals surface area contributed by atoms with Gasteiger partial charge in [-0.3, -0.25) is 4.57 Å². The molecule has 4 heteroatoms. The fraction of sp³-hybridized carbons (Fsp3) is 0. The quantitative estimate of drug-likeness (QED) is 0.659. The summed E-state index contributed by atoms with van der Waals surface area (Å²) in [5.41, 5.74) is 3.20. The predicted molar refractivity (Wildman–Crippen MR) is 76.2 cm³/mol. The molecule has 0 atom stereocenters. The molecule has 3 aromatic rings. The SMILES string of the molecule is S=c1[nH]c2ccccc2n1-c1cccc(Br)c1. The van der Waals surface area contributed by atoms with Crippen molar-refractivity contribution in [1.29, 1.82) is 0 Å². The Morgan fingerprint density at radius 3 is 2.71 bits per heavy atom. The third-order valence-corrected chi connectivity index (χ3v) is 3.43. The van der Waals surface area contributed by atoms with Crippen LogP contribution in [0.1, 0.15) is 0 Å². The van der Waals surface area contributed by atoms with Gasteiger partial charge >= 0.3 is 0 Å². The van der Waals surface area contributed by atoms with E-state index in [9.17, 15) is 0 Å². The molecule has 1 aromatic heterocycles. The topological polar surface area (TPSA) is 20.7 Å². The third kappa shape index (κ3) is 1.83. The molecule has 3 rings (SSSR count). The van der Waals surface area contributed by atoms with Crippen molar-refractivity contribution in [2.45, 2.75) is 0 Å². The van der Waals surface area contributed by atoms with E-state index in [1.165, 1.54) is 0 Å². The second-order valence-electron chi connectivity index (χ2n) is 3.76. The first-order valence-corrected chi connectivity index (χ1v) is 6.41. The van der Waals surface area contributed by atoms with Crippen LogP contribution in [0.15, 0.2) is 53.0 Å². The van der Waals surface area contributed by atoms with Gasteiger partial charge < -0.3 is 4.98 Å². The summed E-state index contributed by atoms with van der Waals surface area (Å²) in [5.74, 6) is 0. The lowest BCUT2D eigenvalue weighted by Gasteiger charge is -2.04. The summed E-state index contributed by atoms with van der Waals surface area (Å²) in [5, 5.41) is 0. The van der Waals surface area contributed by atoms with Gasteiger partial charge in [0.1, 0.15) is 0 Å². The highest BCUT2D eigenvalue weighted by atomic mass is 79.9. The van der Waals surface area contributed by atoms with Crippen molar-refractivity contribution in [3.8, 4) is 5.69 Å². The number of rotatable bonds is 1. The van der Waals surface area contributed by atoms with Crippen molar-refractivity contribution in [3.05, 3.63) is 57.8 Å². The molecule has 0 bridgehead atoms. The largest absolute Gasteiger partial charge is 0.330 e. The molecule has 17 heavy (non-hydrogen) atoms. The number of halogens is 1. The van der Waals surface area contributed by atoms with Gasteiger partial charge in [-0.05, 0) is 42.5 Å². The first kappa shape index (κ1) is 10.7. The Labute approximate surface area is 112 Å². The van der Waals surface area contributed by atoms with Crippen LogP contribution in [0.4, 0.5) is 0 Å². The van der Waals surface area contributed by atoms with E-state index in [2.05, 4.69) is 33.0 Å². The Morgan fingerprint density at radius 1 is 1.06 bits per heavy atom. The standard InChI is InChI=1S/C13H9BrN2S/c14-9-4-3-5-10(8-9)16-12-7-2-1-6-11(12)15-13(16)17/h1-8H,(H,15,17). The number of fused-ring (bicyclic) bond motifs is 1. The Balaban J connectivity index is 2.37. The molecule has 2 aromatic carbocycles. The summed E-state index contributed by atoms with van der Waals surface area (Å²) >= 11 is 8.85. The number of hydrogen-bond acceptors (Lipinski definition) is 1. The maximum Gasteiger partial charge on any atom is 0.182 e. The van der Waals surface area contributed by atoms with Crippen LogP contribution in [0.3, 0.4) is 0 Å². The van der Waals surface area contributed by atoms with Crippen LogP contribution in [-0.2, 0) is 0 Å². The summed E-state index contributed by atoms with van der Waals surface area (Å²) < 4.78 is 3.79. The average molecular weight is 305 g/mol. The molecule has 0 radical (unpaired) electrons. The Hall–Kier alpha value is -1.39. The number of para-hydroxylation sites is 2. The minimum absolute atomic E-state index is 0.712. The van der Waals surface area contributed by atoms with Crippen LogP contribution in [-0.4, -0.2) is 9.55 Å². The fourth-order valence-electron chi connectivity index (χ4n) is 1.93. The van der Waals surface area contributed by atoms with Gasteiger partial charge in [0.05, 0.1) is 11.0 Å². The van der Waals surface area contributed by atoms with E-state index in [1.807, 2.05) is 41.0 Å². The number of hydrogen-bond donors (Lipinski definition) is 1. The molecule has 0 saturated carbocycles. The monoisotopic (exact) mass is 304 g/mol. The predicted octanol–water partition coefficient (Wildman–Crippen LogP) is 4.45. The van der Waals surface area contributed by atoms with Gasteiger partial charge in [-0.25, -0.2) is 0 Å². The molecule has 0 spiro atoms. The van der Waals surface area contributed by atoms with E-state index in [0.717, 1.165) is 21.2 Å². The molecule has 84 valence electrons. The van der Waals surface area contributed by atoms with E-state index < -0.39 is 0 Å². The third-order valence-electron chi connectivity index (χ3n) is 2.66.